The molecule has 0 atom stereocenters. The van der Waals surface area contributed by atoms with E-state index in [9.17, 15) is 4.79 Å². The number of hydrogen-bond acceptors (Lipinski definition) is 2. The Bertz CT molecular complexity index is 580. The van der Waals surface area contributed by atoms with Crippen molar-refractivity contribution in [2.24, 2.45) is 5.92 Å². The molecule has 28 heavy (non-hydrogen) atoms. The zero-order chi connectivity index (χ0) is 20.6. The molecule has 0 saturated carbocycles. The van der Waals surface area contributed by atoms with Crippen molar-refractivity contribution in [1.29, 1.82) is 0 Å². The molecular weight excluding hydrogens is 346 g/mol. The minimum absolute atomic E-state index is 0.249. The van der Waals surface area contributed by atoms with Gasteiger partial charge in [-0.15, -0.1) is 6.58 Å². The third-order valence-electron chi connectivity index (χ3n) is 4.68. The van der Waals surface area contributed by atoms with Crippen LogP contribution in [0, 0.1) is 5.92 Å². The number of benzene rings is 1. The van der Waals surface area contributed by atoms with E-state index in [4.69, 9.17) is 4.74 Å². The Morgan fingerprint density at radius 2 is 1.71 bits per heavy atom. The zero-order valence-corrected chi connectivity index (χ0v) is 18.0. The number of rotatable bonds is 16. The van der Waals surface area contributed by atoms with Gasteiger partial charge in [-0.2, -0.15) is 0 Å². The molecule has 0 saturated heterocycles. The van der Waals surface area contributed by atoms with Crippen LogP contribution in [0.3, 0.4) is 0 Å². The lowest BCUT2D eigenvalue weighted by molar-refractivity contribution is -0.132. The third kappa shape index (κ3) is 10.3. The average molecular weight is 386 g/mol. The highest BCUT2D eigenvalue weighted by Gasteiger charge is 2.17. The van der Waals surface area contributed by atoms with Crippen molar-refractivity contribution in [3.05, 3.63) is 55.1 Å². The summed E-state index contributed by atoms with van der Waals surface area (Å²) in [5.41, 5.74) is 1.06. The third-order valence-corrected chi connectivity index (χ3v) is 4.68. The van der Waals surface area contributed by atoms with Gasteiger partial charge in [-0.3, -0.25) is 4.79 Å². The molecule has 0 aliphatic heterocycles. The van der Waals surface area contributed by atoms with Gasteiger partial charge in [0.2, 0.25) is 5.91 Å². The van der Waals surface area contributed by atoms with Crippen LogP contribution in [0.25, 0.3) is 0 Å². The first-order valence-electron chi connectivity index (χ1n) is 10.8. The highest BCUT2D eigenvalue weighted by molar-refractivity contribution is 5.76. The van der Waals surface area contributed by atoms with Crippen molar-refractivity contribution in [3.63, 3.8) is 0 Å². The van der Waals surface area contributed by atoms with Gasteiger partial charge in [0.25, 0.3) is 0 Å². The van der Waals surface area contributed by atoms with Gasteiger partial charge in [0.05, 0.1) is 0 Å². The molecule has 0 aliphatic rings. The summed E-state index contributed by atoms with van der Waals surface area (Å²) in [5, 5.41) is 0. The predicted octanol–water partition coefficient (Wildman–Crippen LogP) is 6.54. The predicted molar refractivity (Wildman–Crippen MR) is 120 cm³/mol. The molecule has 1 amide bonds. The van der Waals surface area contributed by atoms with Crippen molar-refractivity contribution in [2.45, 2.75) is 71.8 Å². The van der Waals surface area contributed by atoms with Crippen LogP contribution in [0.1, 0.15) is 70.8 Å². The maximum atomic E-state index is 12.8. The first-order chi connectivity index (χ1) is 13.6. The number of unbranched alkanes of at least 4 members (excludes halogenated alkanes) is 6. The highest BCUT2D eigenvalue weighted by Crippen LogP contribution is 2.21. The van der Waals surface area contributed by atoms with E-state index >= 15 is 0 Å². The Labute approximate surface area is 172 Å². The van der Waals surface area contributed by atoms with E-state index in [1.165, 1.54) is 25.7 Å². The second-order valence-electron chi connectivity index (χ2n) is 7.82. The fourth-order valence-electron chi connectivity index (χ4n) is 3.26. The van der Waals surface area contributed by atoms with E-state index in [-0.39, 0.29) is 5.91 Å². The van der Waals surface area contributed by atoms with Gasteiger partial charge in [-0.1, -0.05) is 76.5 Å². The first-order valence-corrected chi connectivity index (χ1v) is 10.8. The summed E-state index contributed by atoms with van der Waals surface area (Å²) in [6.45, 7) is 13.6. The quantitative estimate of drug-likeness (QED) is 0.239. The van der Waals surface area contributed by atoms with E-state index in [1.807, 2.05) is 35.2 Å². The average Bonchev–Trinajstić information content (AvgIpc) is 2.68. The van der Waals surface area contributed by atoms with Crippen LogP contribution in [0.5, 0.6) is 5.75 Å². The van der Waals surface area contributed by atoms with E-state index < -0.39 is 0 Å². The molecule has 1 aromatic carbocycles. The van der Waals surface area contributed by atoms with Gasteiger partial charge in [0, 0.05) is 25.1 Å². The summed E-state index contributed by atoms with van der Waals surface area (Å²) in [6.07, 6.45) is 12.6. The molecule has 0 N–H and O–H groups in total. The second kappa shape index (κ2) is 15.0. The van der Waals surface area contributed by atoms with Crippen LogP contribution >= 0.6 is 0 Å². The molecule has 0 unspecified atom stereocenters. The number of amides is 1. The van der Waals surface area contributed by atoms with Gasteiger partial charge in [-0.05, 0) is 31.2 Å². The minimum Gasteiger partial charge on any atom is -0.489 e. The molecule has 0 radical (unpaired) electrons. The van der Waals surface area contributed by atoms with Crippen molar-refractivity contribution in [1.82, 2.24) is 4.90 Å². The summed E-state index contributed by atoms with van der Waals surface area (Å²) in [5.74, 6) is 1.53. The van der Waals surface area contributed by atoms with Crippen LogP contribution in [-0.4, -0.2) is 24.0 Å². The second-order valence-corrected chi connectivity index (χ2v) is 7.82. The van der Waals surface area contributed by atoms with Gasteiger partial charge in [0.15, 0.2) is 0 Å². The number of ether oxygens (including phenoxy) is 1. The molecule has 1 aromatic rings. The van der Waals surface area contributed by atoms with Gasteiger partial charge in [-0.25, -0.2) is 0 Å². The lowest BCUT2D eigenvalue weighted by Crippen LogP contribution is -2.33. The number of nitrogens with zero attached hydrogens (tertiary/aromatic N) is 1. The molecule has 1 rings (SSSR count). The highest BCUT2D eigenvalue weighted by atomic mass is 16.5. The molecule has 0 bridgehead atoms. The van der Waals surface area contributed by atoms with Crippen molar-refractivity contribution in [2.75, 3.05) is 13.2 Å². The smallest absolute Gasteiger partial charge is 0.222 e. The molecule has 0 fully saturated rings. The molecule has 0 aliphatic carbocycles. The number of carbonyl (C=O) groups excluding carboxylic acids is 1. The van der Waals surface area contributed by atoms with Crippen LogP contribution in [0.15, 0.2) is 49.6 Å². The number of carbonyl (C=O) groups is 1. The molecule has 3 heteroatoms. The zero-order valence-electron chi connectivity index (χ0n) is 18.0. The molecule has 3 nitrogen and oxygen atoms in total. The molecule has 156 valence electrons. The van der Waals surface area contributed by atoms with E-state index in [0.29, 0.717) is 25.5 Å². The van der Waals surface area contributed by atoms with Crippen LogP contribution in [0.2, 0.25) is 0 Å². The lowest BCUT2D eigenvalue weighted by Gasteiger charge is -2.26. The summed E-state index contributed by atoms with van der Waals surface area (Å²) < 4.78 is 5.76. The first kappa shape index (κ1) is 24.0. The van der Waals surface area contributed by atoms with E-state index in [0.717, 1.165) is 37.1 Å². The van der Waals surface area contributed by atoms with Crippen LogP contribution < -0.4 is 4.74 Å². The Hall–Kier alpha value is -2.03. The van der Waals surface area contributed by atoms with E-state index in [2.05, 4.69) is 27.0 Å². The molecule has 0 aromatic heterocycles. The Morgan fingerprint density at radius 1 is 1.04 bits per heavy atom. The van der Waals surface area contributed by atoms with Gasteiger partial charge in [0.1, 0.15) is 12.4 Å². The fourth-order valence-corrected chi connectivity index (χ4v) is 3.26. The largest absolute Gasteiger partial charge is 0.489 e. The SMILES string of the molecule is C=CCCCCCCCCC(=O)N(Cc1ccccc1OCC=C)CC(C)C. The number of hydrogen-bond donors (Lipinski definition) is 0. The Kier molecular flexibility index (Phi) is 12.8. The summed E-state index contributed by atoms with van der Waals surface area (Å²) in [7, 11) is 0. The molecular formula is C25H39NO2. The van der Waals surface area contributed by atoms with Crippen molar-refractivity contribution >= 4 is 5.91 Å². The number of allylic oxidation sites excluding steroid dienone is 1. The number of para-hydroxylation sites is 1. The van der Waals surface area contributed by atoms with Crippen LogP contribution in [-0.2, 0) is 11.3 Å². The fraction of sp³-hybridized carbons (Fsp3) is 0.560. The molecule has 0 spiro atoms. The Morgan fingerprint density at radius 3 is 2.39 bits per heavy atom. The monoisotopic (exact) mass is 385 g/mol. The van der Waals surface area contributed by atoms with Gasteiger partial charge >= 0.3 is 0 Å². The topological polar surface area (TPSA) is 29.5 Å². The Balaban J connectivity index is 2.52. The standard InChI is InChI=1S/C25H39NO2/c1-5-7-8-9-10-11-12-13-18-25(27)26(20-22(3)4)21-23-16-14-15-17-24(23)28-19-6-2/h5-6,14-17,22H,1-2,7-13,18-21H2,3-4H3. The van der Waals surface area contributed by atoms with Crippen molar-refractivity contribution < 1.29 is 9.53 Å². The lowest BCUT2D eigenvalue weighted by atomic mass is 10.1. The van der Waals surface area contributed by atoms with E-state index in [1.54, 1.807) is 6.08 Å². The maximum absolute atomic E-state index is 12.8. The van der Waals surface area contributed by atoms with Gasteiger partial charge < -0.3 is 9.64 Å². The summed E-state index contributed by atoms with van der Waals surface area (Å²) >= 11 is 0. The minimum atomic E-state index is 0.249. The van der Waals surface area contributed by atoms with Crippen LogP contribution in [0.4, 0.5) is 0 Å². The maximum Gasteiger partial charge on any atom is 0.222 e. The summed E-state index contributed by atoms with van der Waals surface area (Å²) in [4.78, 5) is 14.8. The molecule has 0 heterocycles. The summed E-state index contributed by atoms with van der Waals surface area (Å²) in [6, 6.07) is 7.97. The van der Waals surface area contributed by atoms with Crippen molar-refractivity contribution in [3.8, 4) is 5.75 Å². The normalized spacial score (nSPS) is 10.7.